The molecule has 78 valence electrons. The van der Waals surface area contributed by atoms with Crippen molar-refractivity contribution in [1.29, 1.82) is 0 Å². The smallest absolute Gasteiger partial charge is 0.122 e. The summed E-state index contributed by atoms with van der Waals surface area (Å²) in [6.07, 6.45) is 0.249. The molecule has 4 nitrogen and oxygen atoms in total. The first-order valence-corrected chi connectivity index (χ1v) is 4.64. The Hall–Kier alpha value is -0.970. The minimum absolute atomic E-state index is 0.351. The Bertz CT molecular complexity index is 274. The van der Waals surface area contributed by atoms with E-state index in [0.29, 0.717) is 18.7 Å². The van der Waals surface area contributed by atoms with Crippen molar-refractivity contribution in [2.24, 2.45) is 5.73 Å². The van der Waals surface area contributed by atoms with E-state index in [-0.39, 0.29) is 0 Å². The molecule has 4 heteroatoms. The Morgan fingerprint density at radius 1 is 1.43 bits per heavy atom. The Kier molecular flexibility index (Phi) is 4.00. The van der Waals surface area contributed by atoms with E-state index in [4.69, 9.17) is 5.73 Å². The van der Waals surface area contributed by atoms with Crippen molar-refractivity contribution in [2.75, 3.05) is 6.54 Å². The fraction of sp³-hybridized carbons (Fsp3) is 0.500. The van der Waals surface area contributed by atoms with E-state index in [9.17, 15) is 10.2 Å². The molecule has 1 rings (SSSR count). The van der Waals surface area contributed by atoms with Crippen LogP contribution in [0.15, 0.2) is 18.3 Å². The third kappa shape index (κ3) is 2.77. The number of hydrogen-bond acceptors (Lipinski definition) is 4. The van der Waals surface area contributed by atoms with E-state index < -0.39 is 12.2 Å². The highest BCUT2D eigenvalue weighted by molar-refractivity contribution is 5.14. The minimum Gasteiger partial charge on any atom is -0.390 e. The van der Waals surface area contributed by atoms with Crippen LogP contribution in [0.3, 0.4) is 0 Å². The van der Waals surface area contributed by atoms with Gasteiger partial charge in [-0.05, 0) is 31.5 Å². The molecule has 4 N–H and O–H groups in total. The number of aryl methyl sites for hydroxylation is 1. The Balaban J connectivity index is 2.68. The van der Waals surface area contributed by atoms with Crippen molar-refractivity contribution in [3.05, 3.63) is 29.6 Å². The Labute approximate surface area is 83.4 Å². The summed E-state index contributed by atoms with van der Waals surface area (Å²) in [5, 5.41) is 19.1. The number of nitrogens with two attached hydrogens (primary N) is 1. The summed E-state index contributed by atoms with van der Waals surface area (Å²) >= 11 is 0. The highest BCUT2D eigenvalue weighted by Gasteiger charge is 2.18. The lowest BCUT2D eigenvalue weighted by Crippen LogP contribution is -2.22. The van der Waals surface area contributed by atoms with Crippen LogP contribution in [0.4, 0.5) is 0 Å². The van der Waals surface area contributed by atoms with E-state index in [2.05, 4.69) is 4.98 Å². The number of aliphatic hydroxyl groups excluding tert-OH is 2. The summed E-state index contributed by atoms with van der Waals surface area (Å²) in [5.74, 6) is 0. The minimum atomic E-state index is -0.945. The zero-order chi connectivity index (χ0) is 10.6. The number of hydrogen-bond donors (Lipinski definition) is 3. The van der Waals surface area contributed by atoms with Gasteiger partial charge in [-0.1, -0.05) is 6.07 Å². The molecule has 2 unspecified atom stereocenters. The summed E-state index contributed by atoms with van der Waals surface area (Å²) in [7, 11) is 0. The summed E-state index contributed by atoms with van der Waals surface area (Å²) in [5.41, 5.74) is 6.78. The van der Waals surface area contributed by atoms with Gasteiger partial charge in [0.2, 0.25) is 0 Å². The van der Waals surface area contributed by atoms with E-state index in [0.717, 1.165) is 5.56 Å². The molecule has 0 aromatic carbocycles. The molecule has 0 bridgehead atoms. The molecule has 0 fully saturated rings. The van der Waals surface area contributed by atoms with Crippen LogP contribution >= 0.6 is 0 Å². The monoisotopic (exact) mass is 196 g/mol. The van der Waals surface area contributed by atoms with Crippen molar-refractivity contribution in [3.8, 4) is 0 Å². The van der Waals surface area contributed by atoms with Gasteiger partial charge in [-0.2, -0.15) is 0 Å². The van der Waals surface area contributed by atoms with Gasteiger partial charge in [0.1, 0.15) is 6.10 Å². The SMILES string of the molecule is Cc1ccc(C(O)C(O)CCN)nc1. The molecule has 0 aliphatic heterocycles. The lowest BCUT2D eigenvalue weighted by Gasteiger charge is -2.16. The molecule has 2 atom stereocenters. The topological polar surface area (TPSA) is 79.4 Å². The third-order valence-electron chi connectivity index (χ3n) is 2.06. The molecule has 1 aromatic rings. The quantitative estimate of drug-likeness (QED) is 0.639. The van der Waals surface area contributed by atoms with E-state index in [1.165, 1.54) is 0 Å². The van der Waals surface area contributed by atoms with Gasteiger partial charge in [0, 0.05) is 6.20 Å². The molecular weight excluding hydrogens is 180 g/mol. The van der Waals surface area contributed by atoms with Crippen molar-refractivity contribution in [3.63, 3.8) is 0 Å². The van der Waals surface area contributed by atoms with Gasteiger partial charge in [0.25, 0.3) is 0 Å². The lowest BCUT2D eigenvalue weighted by molar-refractivity contribution is 0.0125. The first-order valence-electron chi connectivity index (χ1n) is 4.64. The van der Waals surface area contributed by atoms with Crippen LogP contribution in [0.5, 0.6) is 0 Å². The summed E-state index contributed by atoms with van der Waals surface area (Å²) < 4.78 is 0. The maximum atomic E-state index is 9.64. The highest BCUT2D eigenvalue weighted by atomic mass is 16.3. The predicted molar refractivity (Wildman–Crippen MR) is 53.6 cm³/mol. The summed E-state index contributed by atoms with van der Waals surface area (Å²) in [4.78, 5) is 4.03. The van der Waals surface area contributed by atoms with E-state index in [1.807, 2.05) is 13.0 Å². The molecule has 1 heterocycles. The average molecular weight is 196 g/mol. The van der Waals surface area contributed by atoms with Gasteiger partial charge in [0.05, 0.1) is 11.8 Å². The van der Waals surface area contributed by atoms with Gasteiger partial charge < -0.3 is 15.9 Å². The van der Waals surface area contributed by atoms with Crippen molar-refractivity contribution >= 4 is 0 Å². The lowest BCUT2D eigenvalue weighted by atomic mass is 10.1. The van der Waals surface area contributed by atoms with Crippen LogP contribution in [-0.4, -0.2) is 27.8 Å². The Morgan fingerprint density at radius 2 is 2.14 bits per heavy atom. The molecule has 0 spiro atoms. The first kappa shape index (κ1) is 11.1. The second kappa shape index (κ2) is 5.05. The maximum absolute atomic E-state index is 9.64. The molecular formula is C10H16N2O2. The van der Waals surface area contributed by atoms with E-state index >= 15 is 0 Å². The van der Waals surface area contributed by atoms with Crippen molar-refractivity contribution in [1.82, 2.24) is 4.98 Å². The van der Waals surface area contributed by atoms with Crippen LogP contribution in [0.25, 0.3) is 0 Å². The largest absolute Gasteiger partial charge is 0.390 e. The van der Waals surface area contributed by atoms with Gasteiger partial charge in [-0.3, -0.25) is 4.98 Å². The van der Waals surface area contributed by atoms with Gasteiger partial charge in [-0.15, -0.1) is 0 Å². The highest BCUT2D eigenvalue weighted by Crippen LogP contribution is 2.16. The molecule has 0 aliphatic rings. The molecule has 14 heavy (non-hydrogen) atoms. The number of pyridine rings is 1. The van der Waals surface area contributed by atoms with E-state index in [1.54, 1.807) is 12.3 Å². The van der Waals surface area contributed by atoms with Gasteiger partial charge in [0.15, 0.2) is 0 Å². The summed E-state index contributed by atoms with van der Waals surface area (Å²) in [6, 6.07) is 3.56. The molecule has 0 aliphatic carbocycles. The number of aromatic nitrogens is 1. The summed E-state index contributed by atoms with van der Waals surface area (Å²) in [6.45, 7) is 2.27. The first-order chi connectivity index (χ1) is 6.65. The Morgan fingerprint density at radius 3 is 2.64 bits per heavy atom. The molecule has 0 saturated carbocycles. The average Bonchev–Trinajstić information content (AvgIpc) is 2.18. The maximum Gasteiger partial charge on any atom is 0.122 e. The fourth-order valence-electron chi connectivity index (χ4n) is 1.18. The molecule has 0 saturated heterocycles. The second-order valence-corrected chi connectivity index (χ2v) is 3.35. The zero-order valence-electron chi connectivity index (χ0n) is 8.22. The number of nitrogens with zero attached hydrogens (tertiary/aromatic N) is 1. The molecule has 0 amide bonds. The standard InChI is InChI=1S/C10H16N2O2/c1-7-2-3-8(12-6-7)10(14)9(13)4-5-11/h2-3,6,9-10,13-14H,4-5,11H2,1H3. The van der Waals surface area contributed by atoms with Crippen LogP contribution in [0, 0.1) is 6.92 Å². The van der Waals surface area contributed by atoms with Crippen molar-refractivity contribution < 1.29 is 10.2 Å². The zero-order valence-corrected chi connectivity index (χ0v) is 8.22. The van der Waals surface area contributed by atoms with Gasteiger partial charge in [-0.25, -0.2) is 0 Å². The third-order valence-corrected chi connectivity index (χ3v) is 2.06. The van der Waals surface area contributed by atoms with Crippen molar-refractivity contribution in [2.45, 2.75) is 25.6 Å². The number of rotatable bonds is 4. The van der Waals surface area contributed by atoms with Crippen LogP contribution in [0.2, 0.25) is 0 Å². The second-order valence-electron chi connectivity index (χ2n) is 3.35. The normalized spacial score (nSPS) is 15.1. The fourth-order valence-corrected chi connectivity index (χ4v) is 1.18. The number of aliphatic hydroxyl groups is 2. The predicted octanol–water partition coefficient (Wildman–Crippen LogP) is 0.133. The van der Waals surface area contributed by atoms with Gasteiger partial charge >= 0.3 is 0 Å². The van der Waals surface area contributed by atoms with Crippen LogP contribution in [0.1, 0.15) is 23.8 Å². The molecule has 1 aromatic heterocycles. The molecule has 0 radical (unpaired) electrons. The van der Waals surface area contributed by atoms with Crippen LogP contribution in [-0.2, 0) is 0 Å². The van der Waals surface area contributed by atoms with Crippen LogP contribution < -0.4 is 5.73 Å².